The highest BCUT2D eigenvalue weighted by atomic mass is 32.2. The summed E-state index contributed by atoms with van der Waals surface area (Å²) in [7, 11) is 0.359. The molecule has 24 heavy (non-hydrogen) atoms. The van der Waals surface area contributed by atoms with Crippen molar-refractivity contribution in [3.05, 3.63) is 36.0 Å². The predicted octanol–water partition coefficient (Wildman–Crippen LogP) is 1.67. The first-order valence-electron chi connectivity index (χ1n) is 8.05. The zero-order valence-electron chi connectivity index (χ0n) is 14.3. The molecular weight excluding hydrogens is 326 g/mol. The summed E-state index contributed by atoms with van der Waals surface area (Å²) in [6.07, 6.45) is 4.43. The average Bonchev–Trinajstić information content (AvgIpc) is 2.90. The van der Waals surface area contributed by atoms with Gasteiger partial charge in [0.1, 0.15) is 0 Å². The smallest absolute Gasteiger partial charge is 0.256 e. The second kappa shape index (κ2) is 6.22. The van der Waals surface area contributed by atoms with Crippen LogP contribution in [0.3, 0.4) is 0 Å². The Morgan fingerprint density at radius 3 is 2.46 bits per heavy atom. The second-order valence-corrected chi connectivity index (χ2v) is 8.52. The maximum Gasteiger partial charge on any atom is 0.256 e. The number of piperidine rings is 1. The summed E-state index contributed by atoms with van der Waals surface area (Å²) >= 11 is 0. The quantitative estimate of drug-likeness (QED) is 0.847. The van der Waals surface area contributed by atoms with E-state index in [1.54, 1.807) is 7.05 Å². The van der Waals surface area contributed by atoms with Gasteiger partial charge in [0, 0.05) is 50.3 Å². The average molecular weight is 349 g/mol. The lowest BCUT2D eigenvalue weighted by molar-refractivity contribution is 0.0688. The van der Waals surface area contributed by atoms with Crippen LogP contribution >= 0.6 is 0 Å². The number of benzene rings is 1. The van der Waals surface area contributed by atoms with E-state index in [9.17, 15) is 13.2 Å². The van der Waals surface area contributed by atoms with Crippen LogP contribution < -0.4 is 0 Å². The van der Waals surface area contributed by atoms with Crippen molar-refractivity contribution in [2.45, 2.75) is 18.9 Å². The number of nitrogens with zero attached hydrogens (tertiary/aromatic N) is 3. The van der Waals surface area contributed by atoms with Gasteiger partial charge in [-0.2, -0.15) is 0 Å². The minimum atomic E-state index is -3.19. The molecule has 0 radical (unpaired) electrons. The molecule has 1 aliphatic heterocycles. The summed E-state index contributed by atoms with van der Waals surface area (Å²) in [4.78, 5) is 14.7. The number of aromatic nitrogens is 1. The van der Waals surface area contributed by atoms with E-state index in [2.05, 4.69) is 0 Å². The summed E-state index contributed by atoms with van der Waals surface area (Å²) in [5.74, 6) is 0.0206. The predicted molar refractivity (Wildman–Crippen MR) is 94.5 cm³/mol. The number of carbonyl (C=O) groups is 1. The third kappa shape index (κ3) is 3.06. The van der Waals surface area contributed by atoms with Crippen LogP contribution in [0.5, 0.6) is 0 Å². The van der Waals surface area contributed by atoms with Crippen molar-refractivity contribution in [1.82, 2.24) is 13.8 Å². The van der Waals surface area contributed by atoms with Gasteiger partial charge in [0.25, 0.3) is 5.91 Å². The molecule has 1 saturated heterocycles. The number of rotatable bonds is 3. The molecule has 6 nitrogen and oxygen atoms in total. The molecule has 0 unspecified atom stereocenters. The summed E-state index contributed by atoms with van der Waals surface area (Å²) in [6, 6.07) is 7.83. The van der Waals surface area contributed by atoms with E-state index >= 15 is 0 Å². The Morgan fingerprint density at radius 1 is 1.21 bits per heavy atom. The Balaban J connectivity index is 1.76. The van der Waals surface area contributed by atoms with Crippen LogP contribution in [0.15, 0.2) is 30.5 Å². The van der Waals surface area contributed by atoms with E-state index in [-0.39, 0.29) is 11.9 Å². The minimum Gasteiger partial charge on any atom is -0.350 e. The van der Waals surface area contributed by atoms with Gasteiger partial charge in [-0.3, -0.25) is 4.79 Å². The monoisotopic (exact) mass is 349 g/mol. The molecule has 0 N–H and O–H groups in total. The van der Waals surface area contributed by atoms with Crippen LogP contribution in [0.4, 0.5) is 0 Å². The Labute approximate surface area is 142 Å². The number of amides is 1. The fraction of sp³-hybridized carbons (Fsp3) is 0.471. The molecule has 0 spiro atoms. The van der Waals surface area contributed by atoms with Crippen molar-refractivity contribution in [1.29, 1.82) is 0 Å². The highest BCUT2D eigenvalue weighted by Gasteiger charge is 2.30. The third-order valence-corrected chi connectivity index (χ3v) is 6.26. The van der Waals surface area contributed by atoms with E-state index in [0.29, 0.717) is 31.5 Å². The van der Waals surface area contributed by atoms with E-state index in [0.717, 1.165) is 10.9 Å². The van der Waals surface area contributed by atoms with Gasteiger partial charge in [-0.05, 0) is 18.9 Å². The van der Waals surface area contributed by atoms with Crippen LogP contribution in [0.25, 0.3) is 10.9 Å². The van der Waals surface area contributed by atoms with Crippen molar-refractivity contribution < 1.29 is 13.2 Å². The molecule has 7 heteroatoms. The number of sulfonamides is 1. The van der Waals surface area contributed by atoms with E-state index < -0.39 is 10.0 Å². The van der Waals surface area contributed by atoms with Gasteiger partial charge in [-0.25, -0.2) is 12.7 Å². The highest BCUT2D eigenvalue weighted by Crippen LogP contribution is 2.24. The first-order valence-corrected chi connectivity index (χ1v) is 9.90. The number of likely N-dealkylation sites (tertiary alicyclic amines) is 1. The number of hydrogen-bond acceptors (Lipinski definition) is 3. The van der Waals surface area contributed by atoms with Crippen molar-refractivity contribution >= 4 is 26.8 Å². The zero-order chi connectivity index (χ0) is 17.5. The van der Waals surface area contributed by atoms with Gasteiger partial charge in [-0.1, -0.05) is 18.2 Å². The van der Waals surface area contributed by atoms with Crippen LogP contribution in [0, 0.1) is 0 Å². The van der Waals surface area contributed by atoms with Crippen LogP contribution in [-0.4, -0.2) is 60.5 Å². The summed E-state index contributed by atoms with van der Waals surface area (Å²) in [6.45, 7) is 1.15. The maximum atomic E-state index is 12.9. The van der Waals surface area contributed by atoms with Gasteiger partial charge in [-0.15, -0.1) is 0 Å². The van der Waals surface area contributed by atoms with Crippen molar-refractivity contribution in [2.75, 3.05) is 26.4 Å². The van der Waals surface area contributed by atoms with Gasteiger partial charge >= 0.3 is 0 Å². The SMILES string of the molecule is CN(C1CCN(C(=O)c2cn(C)c3ccccc23)CC1)S(C)(=O)=O. The Bertz CT molecular complexity index is 864. The molecule has 0 aliphatic carbocycles. The molecule has 1 aromatic heterocycles. The lowest BCUT2D eigenvalue weighted by Gasteiger charge is -2.35. The third-order valence-electron chi connectivity index (χ3n) is 4.92. The molecule has 0 saturated carbocycles. The number of carbonyl (C=O) groups excluding carboxylic acids is 1. The Morgan fingerprint density at radius 2 is 1.83 bits per heavy atom. The number of aryl methyl sites for hydroxylation is 1. The van der Waals surface area contributed by atoms with E-state index in [1.807, 2.05) is 47.0 Å². The molecule has 3 rings (SSSR count). The molecule has 130 valence electrons. The van der Waals surface area contributed by atoms with Crippen LogP contribution in [-0.2, 0) is 17.1 Å². The Kier molecular flexibility index (Phi) is 4.40. The molecule has 1 aliphatic rings. The topological polar surface area (TPSA) is 62.6 Å². The first kappa shape index (κ1) is 17.0. The molecule has 1 aromatic carbocycles. The maximum absolute atomic E-state index is 12.9. The summed E-state index contributed by atoms with van der Waals surface area (Å²) in [5.41, 5.74) is 1.75. The molecule has 0 atom stereocenters. The standard InChI is InChI=1S/C17H23N3O3S/c1-18-12-15(14-6-4-5-7-16(14)18)17(21)20-10-8-13(9-11-20)19(2)24(3,22)23/h4-7,12-13H,8-11H2,1-3H3. The zero-order valence-corrected chi connectivity index (χ0v) is 15.1. The molecule has 2 aromatic rings. The number of para-hydroxylation sites is 1. The molecule has 1 amide bonds. The van der Waals surface area contributed by atoms with E-state index in [1.165, 1.54) is 10.6 Å². The molecule has 1 fully saturated rings. The van der Waals surface area contributed by atoms with Crippen LogP contribution in [0.1, 0.15) is 23.2 Å². The number of fused-ring (bicyclic) bond motifs is 1. The van der Waals surface area contributed by atoms with Gasteiger partial charge < -0.3 is 9.47 Å². The summed E-state index contributed by atoms with van der Waals surface area (Å²) in [5, 5.41) is 0.959. The first-order chi connectivity index (χ1) is 11.3. The fourth-order valence-corrected chi connectivity index (χ4v) is 4.14. The highest BCUT2D eigenvalue weighted by molar-refractivity contribution is 7.88. The van der Waals surface area contributed by atoms with Crippen molar-refractivity contribution in [3.63, 3.8) is 0 Å². The molecular formula is C17H23N3O3S. The fourth-order valence-electron chi connectivity index (χ4n) is 3.39. The lowest BCUT2D eigenvalue weighted by atomic mass is 10.0. The minimum absolute atomic E-state index is 0.0206. The van der Waals surface area contributed by atoms with Crippen molar-refractivity contribution in [2.24, 2.45) is 7.05 Å². The van der Waals surface area contributed by atoms with Gasteiger partial charge in [0.05, 0.1) is 11.8 Å². The van der Waals surface area contributed by atoms with Crippen molar-refractivity contribution in [3.8, 4) is 0 Å². The largest absolute Gasteiger partial charge is 0.350 e. The molecule has 2 heterocycles. The second-order valence-electron chi connectivity index (χ2n) is 6.47. The normalized spacial score (nSPS) is 16.9. The van der Waals surface area contributed by atoms with Gasteiger partial charge in [0.15, 0.2) is 0 Å². The van der Waals surface area contributed by atoms with Crippen LogP contribution in [0.2, 0.25) is 0 Å². The Hall–Kier alpha value is -1.86. The number of hydrogen-bond donors (Lipinski definition) is 0. The van der Waals surface area contributed by atoms with E-state index in [4.69, 9.17) is 0 Å². The summed E-state index contributed by atoms with van der Waals surface area (Å²) < 4.78 is 26.7. The lowest BCUT2D eigenvalue weighted by Crippen LogP contribution is -2.47. The van der Waals surface area contributed by atoms with Gasteiger partial charge in [0.2, 0.25) is 10.0 Å². The molecule has 0 bridgehead atoms.